The van der Waals surface area contributed by atoms with Crippen LogP contribution in [0.4, 0.5) is 14.5 Å². The van der Waals surface area contributed by atoms with Gasteiger partial charge in [0.15, 0.2) is 21.2 Å². The summed E-state index contributed by atoms with van der Waals surface area (Å²) in [5.41, 5.74) is 0.273. The Labute approximate surface area is 178 Å². The van der Waals surface area contributed by atoms with Crippen LogP contribution in [0.2, 0.25) is 0 Å². The van der Waals surface area contributed by atoms with E-state index in [1.165, 1.54) is 36.4 Å². The van der Waals surface area contributed by atoms with E-state index in [1.54, 1.807) is 18.2 Å². The van der Waals surface area contributed by atoms with Gasteiger partial charge in [0.1, 0.15) is 5.75 Å². The molecule has 166 valence electrons. The van der Waals surface area contributed by atoms with Crippen molar-refractivity contribution in [2.75, 3.05) is 11.9 Å². The van der Waals surface area contributed by atoms with Gasteiger partial charge in [-0.2, -0.15) is 8.78 Å². The number of hydrogen-bond donors (Lipinski definition) is 1. The molecule has 1 saturated carbocycles. The third-order valence-corrected chi connectivity index (χ3v) is 7.55. The number of amides is 1. The maximum Gasteiger partial charge on any atom is 0.387 e. The first-order chi connectivity index (χ1) is 14.7. The Morgan fingerprint density at radius 3 is 2.19 bits per heavy atom. The van der Waals surface area contributed by atoms with Gasteiger partial charge in [0.25, 0.3) is 5.91 Å². The van der Waals surface area contributed by atoms with Crippen LogP contribution < -0.4 is 10.1 Å². The fourth-order valence-corrected chi connectivity index (χ4v) is 5.60. The lowest BCUT2D eigenvalue weighted by Gasteiger charge is -2.26. The zero-order valence-corrected chi connectivity index (χ0v) is 17.2. The standard InChI is InChI=1S/C21H21F2NO6S/c22-20(23)30-16-10-8-15(9-11-16)24-18(25)14-29-19(26)21(12-4-5-13-21)31(27,28)17-6-2-1-3-7-17/h1-3,6-11,20H,4-5,12-14H2,(H,24,25). The highest BCUT2D eigenvalue weighted by Crippen LogP contribution is 2.41. The van der Waals surface area contributed by atoms with Crippen LogP contribution in [-0.4, -0.2) is 38.3 Å². The molecule has 0 bridgehead atoms. The summed E-state index contributed by atoms with van der Waals surface area (Å²) in [7, 11) is -4.00. The highest BCUT2D eigenvalue weighted by Gasteiger charge is 2.54. The number of benzene rings is 2. The van der Waals surface area contributed by atoms with Gasteiger partial charge in [0.2, 0.25) is 0 Å². The number of anilines is 1. The summed E-state index contributed by atoms with van der Waals surface area (Å²) in [5, 5.41) is 2.44. The van der Waals surface area contributed by atoms with Crippen molar-refractivity contribution >= 4 is 27.4 Å². The molecule has 1 aliphatic rings. The largest absolute Gasteiger partial charge is 0.454 e. The zero-order valence-electron chi connectivity index (χ0n) is 16.4. The van der Waals surface area contributed by atoms with Gasteiger partial charge >= 0.3 is 12.6 Å². The first-order valence-corrected chi connectivity index (χ1v) is 11.0. The molecule has 0 aromatic heterocycles. The monoisotopic (exact) mass is 453 g/mol. The van der Waals surface area contributed by atoms with Crippen molar-refractivity contribution in [2.45, 2.75) is 41.9 Å². The second-order valence-electron chi connectivity index (χ2n) is 7.05. The molecule has 31 heavy (non-hydrogen) atoms. The summed E-state index contributed by atoms with van der Waals surface area (Å²) in [5.74, 6) is -1.72. The molecule has 1 fully saturated rings. The smallest absolute Gasteiger partial charge is 0.387 e. The molecular formula is C21H21F2NO6S. The Morgan fingerprint density at radius 1 is 1.00 bits per heavy atom. The quantitative estimate of drug-likeness (QED) is 0.614. The Balaban J connectivity index is 1.65. The second kappa shape index (κ2) is 9.42. The molecule has 0 aliphatic heterocycles. The number of sulfone groups is 1. The fraction of sp³-hybridized carbons (Fsp3) is 0.333. The first kappa shape index (κ1) is 22.7. The molecule has 0 atom stereocenters. The van der Waals surface area contributed by atoms with Gasteiger partial charge in [-0.05, 0) is 49.2 Å². The van der Waals surface area contributed by atoms with Gasteiger partial charge in [-0.3, -0.25) is 9.59 Å². The van der Waals surface area contributed by atoms with Gasteiger partial charge < -0.3 is 14.8 Å². The van der Waals surface area contributed by atoms with Gasteiger partial charge in [-0.15, -0.1) is 0 Å². The number of hydrogen-bond acceptors (Lipinski definition) is 6. The minimum Gasteiger partial charge on any atom is -0.454 e. The van der Waals surface area contributed by atoms with E-state index in [0.717, 1.165) is 0 Å². The van der Waals surface area contributed by atoms with Gasteiger partial charge in [-0.1, -0.05) is 31.0 Å². The van der Waals surface area contributed by atoms with Crippen LogP contribution in [0.3, 0.4) is 0 Å². The highest BCUT2D eigenvalue weighted by atomic mass is 32.2. The number of alkyl halides is 2. The summed E-state index contributed by atoms with van der Waals surface area (Å²) in [6.07, 6.45) is 1.35. The van der Waals surface area contributed by atoms with E-state index in [2.05, 4.69) is 10.1 Å². The third-order valence-electron chi connectivity index (χ3n) is 5.05. The predicted molar refractivity (Wildman–Crippen MR) is 107 cm³/mol. The first-order valence-electron chi connectivity index (χ1n) is 9.56. The lowest BCUT2D eigenvalue weighted by molar-refractivity contribution is -0.149. The van der Waals surface area contributed by atoms with Crippen LogP contribution in [0.5, 0.6) is 5.75 Å². The molecule has 1 aliphatic carbocycles. The Kier molecular flexibility index (Phi) is 6.89. The number of ether oxygens (including phenoxy) is 2. The maximum absolute atomic E-state index is 13.2. The number of halogens is 2. The summed E-state index contributed by atoms with van der Waals surface area (Å²) < 4.78 is 58.3. The molecule has 10 heteroatoms. The van der Waals surface area contributed by atoms with Crippen molar-refractivity contribution in [3.8, 4) is 5.75 Å². The van der Waals surface area contributed by atoms with Crippen molar-refractivity contribution in [3.05, 3.63) is 54.6 Å². The van der Waals surface area contributed by atoms with Crippen molar-refractivity contribution in [1.29, 1.82) is 0 Å². The molecule has 1 N–H and O–H groups in total. The molecule has 2 aromatic carbocycles. The highest BCUT2D eigenvalue weighted by molar-refractivity contribution is 7.93. The number of carbonyl (C=O) groups is 2. The third kappa shape index (κ3) is 5.01. The summed E-state index contributed by atoms with van der Waals surface area (Å²) in [4.78, 5) is 25.0. The van der Waals surface area contributed by atoms with Gasteiger partial charge in [-0.25, -0.2) is 8.42 Å². The molecule has 0 heterocycles. The number of carbonyl (C=O) groups excluding carboxylic acids is 2. The van der Waals surface area contributed by atoms with E-state index in [-0.39, 0.29) is 29.2 Å². The van der Waals surface area contributed by atoms with Gasteiger partial charge in [0.05, 0.1) is 4.90 Å². The Bertz CT molecular complexity index is 1020. The number of rotatable bonds is 8. The SMILES string of the molecule is O=C(COC(=O)C1(S(=O)(=O)c2ccccc2)CCCC1)Nc1ccc(OC(F)F)cc1. The average molecular weight is 453 g/mol. The molecule has 1 amide bonds. The number of nitrogens with one attached hydrogen (secondary N) is 1. The van der Waals surface area contributed by atoms with Crippen LogP contribution in [0, 0.1) is 0 Å². The topological polar surface area (TPSA) is 98.8 Å². The molecule has 0 radical (unpaired) electrons. The second-order valence-corrected chi connectivity index (χ2v) is 9.30. The van der Waals surface area contributed by atoms with Gasteiger partial charge in [0, 0.05) is 5.69 Å². The van der Waals surface area contributed by atoms with Crippen molar-refractivity contribution in [1.82, 2.24) is 0 Å². The summed E-state index contributed by atoms with van der Waals surface area (Å²) >= 11 is 0. The van der Waals surface area contributed by atoms with Crippen LogP contribution in [0.1, 0.15) is 25.7 Å². The lowest BCUT2D eigenvalue weighted by atomic mass is 10.1. The van der Waals surface area contributed by atoms with E-state index in [9.17, 15) is 26.8 Å². The molecule has 0 unspecified atom stereocenters. The molecule has 0 saturated heterocycles. The average Bonchev–Trinajstić information content (AvgIpc) is 3.26. The Hall–Kier alpha value is -3.01. The van der Waals surface area contributed by atoms with Crippen LogP contribution in [0.15, 0.2) is 59.5 Å². The van der Waals surface area contributed by atoms with E-state index in [4.69, 9.17) is 4.74 Å². The molecule has 0 spiro atoms. The molecule has 3 rings (SSSR count). The van der Waals surface area contributed by atoms with Crippen molar-refractivity contribution in [2.24, 2.45) is 0 Å². The minimum absolute atomic E-state index is 0.0319. The maximum atomic E-state index is 13.2. The van der Waals surface area contributed by atoms with E-state index < -0.39 is 39.7 Å². The van der Waals surface area contributed by atoms with Crippen molar-refractivity contribution < 1.29 is 36.3 Å². The number of esters is 1. The molecule has 2 aromatic rings. The lowest BCUT2D eigenvalue weighted by Crippen LogP contribution is -2.46. The van der Waals surface area contributed by atoms with Crippen LogP contribution >= 0.6 is 0 Å². The van der Waals surface area contributed by atoms with E-state index in [0.29, 0.717) is 12.8 Å². The van der Waals surface area contributed by atoms with Crippen molar-refractivity contribution in [3.63, 3.8) is 0 Å². The normalized spacial score (nSPS) is 15.5. The zero-order chi connectivity index (χ0) is 22.5. The fourth-order valence-electron chi connectivity index (χ4n) is 3.53. The van der Waals surface area contributed by atoms with E-state index in [1.807, 2.05) is 0 Å². The summed E-state index contributed by atoms with van der Waals surface area (Å²) in [6, 6.07) is 12.9. The van der Waals surface area contributed by atoms with Crippen LogP contribution in [0.25, 0.3) is 0 Å². The summed E-state index contributed by atoms with van der Waals surface area (Å²) in [6.45, 7) is -3.64. The molecular weight excluding hydrogens is 432 g/mol. The molecule has 7 nitrogen and oxygen atoms in total. The Morgan fingerprint density at radius 2 is 1.61 bits per heavy atom. The predicted octanol–water partition coefficient (Wildman–Crippen LogP) is 3.56. The van der Waals surface area contributed by atoms with E-state index >= 15 is 0 Å². The van der Waals surface area contributed by atoms with Crippen LogP contribution in [-0.2, 0) is 24.2 Å². The minimum atomic E-state index is -4.00.